The highest BCUT2D eigenvalue weighted by molar-refractivity contribution is 5.89. The third kappa shape index (κ3) is 4.64. The second-order valence-electron chi connectivity index (χ2n) is 4.91. The molecule has 0 spiro atoms. The first-order chi connectivity index (χ1) is 11.2. The molecule has 1 fully saturated rings. The molecule has 3 N–H and O–H groups in total. The van der Waals surface area contributed by atoms with Gasteiger partial charge in [0.15, 0.2) is 6.30 Å². The van der Waals surface area contributed by atoms with Crippen LogP contribution < -0.4 is 15.4 Å². The van der Waals surface area contributed by atoms with Gasteiger partial charge in [0.2, 0.25) is 0 Å². The zero-order valence-electron chi connectivity index (χ0n) is 12.0. The van der Waals surface area contributed by atoms with Crippen LogP contribution in [-0.2, 0) is 0 Å². The average Bonchev–Trinajstić information content (AvgIpc) is 2.81. The van der Waals surface area contributed by atoms with Crippen molar-refractivity contribution >= 4 is 17.8 Å². The van der Waals surface area contributed by atoms with E-state index in [0.29, 0.717) is 4.90 Å². The SMILES string of the molecule is O=C(Nc1ccc(OC(F)(F)F)cc1)NC1CCN(C(=O)O)C1F. The zero-order valence-corrected chi connectivity index (χ0v) is 12.0. The van der Waals surface area contributed by atoms with E-state index >= 15 is 0 Å². The number of anilines is 1. The summed E-state index contributed by atoms with van der Waals surface area (Å²) < 4.78 is 53.5. The van der Waals surface area contributed by atoms with Crippen LogP contribution in [0.25, 0.3) is 0 Å². The van der Waals surface area contributed by atoms with Crippen LogP contribution in [0.3, 0.4) is 0 Å². The lowest BCUT2D eigenvalue weighted by molar-refractivity contribution is -0.274. The minimum atomic E-state index is -4.82. The number of halogens is 4. The lowest BCUT2D eigenvalue weighted by Crippen LogP contribution is -2.45. The topological polar surface area (TPSA) is 90.9 Å². The number of rotatable bonds is 3. The number of carbonyl (C=O) groups is 2. The quantitative estimate of drug-likeness (QED) is 0.577. The molecule has 1 aromatic carbocycles. The Morgan fingerprint density at radius 3 is 2.38 bits per heavy atom. The molecule has 0 saturated carbocycles. The Morgan fingerprint density at radius 2 is 1.88 bits per heavy atom. The molecule has 1 aromatic rings. The van der Waals surface area contributed by atoms with Gasteiger partial charge in [-0.1, -0.05) is 0 Å². The first-order valence-electron chi connectivity index (χ1n) is 6.72. The number of hydrogen-bond donors (Lipinski definition) is 3. The second kappa shape index (κ2) is 6.81. The highest BCUT2D eigenvalue weighted by Gasteiger charge is 2.38. The highest BCUT2D eigenvalue weighted by atomic mass is 19.4. The lowest BCUT2D eigenvalue weighted by atomic mass is 10.2. The van der Waals surface area contributed by atoms with Gasteiger partial charge in [-0.3, -0.25) is 4.90 Å². The number of benzene rings is 1. The second-order valence-corrected chi connectivity index (χ2v) is 4.91. The van der Waals surface area contributed by atoms with E-state index in [2.05, 4.69) is 15.4 Å². The van der Waals surface area contributed by atoms with Crippen molar-refractivity contribution in [3.63, 3.8) is 0 Å². The van der Waals surface area contributed by atoms with E-state index in [9.17, 15) is 27.2 Å². The number of hydrogen-bond acceptors (Lipinski definition) is 3. The maximum atomic E-state index is 13.8. The molecule has 11 heteroatoms. The van der Waals surface area contributed by atoms with Crippen molar-refractivity contribution in [3.8, 4) is 5.75 Å². The van der Waals surface area contributed by atoms with Gasteiger partial charge in [0.25, 0.3) is 0 Å². The molecule has 132 valence electrons. The van der Waals surface area contributed by atoms with Crippen LogP contribution in [0.4, 0.5) is 32.8 Å². The van der Waals surface area contributed by atoms with Crippen molar-refractivity contribution in [2.45, 2.75) is 25.1 Å². The van der Waals surface area contributed by atoms with Crippen LogP contribution >= 0.6 is 0 Å². The first kappa shape index (κ1) is 17.6. The molecule has 0 radical (unpaired) electrons. The minimum Gasteiger partial charge on any atom is -0.465 e. The number of urea groups is 1. The van der Waals surface area contributed by atoms with Crippen molar-refractivity contribution in [2.75, 3.05) is 11.9 Å². The molecule has 7 nitrogen and oxygen atoms in total. The number of carboxylic acid groups (broad SMARTS) is 1. The van der Waals surface area contributed by atoms with Gasteiger partial charge in [0.05, 0.1) is 6.04 Å². The fourth-order valence-corrected chi connectivity index (χ4v) is 2.17. The molecular formula is C13H13F4N3O4. The Kier molecular flexibility index (Phi) is 5.00. The number of ether oxygens (including phenoxy) is 1. The summed E-state index contributed by atoms with van der Waals surface area (Å²) in [6.07, 6.45) is -8.00. The number of nitrogens with zero attached hydrogens (tertiary/aromatic N) is 1. The smallest absolute Gasteiger partial charge is 0.465 e. The summed E-state index contributed by atoms with van der Waals surface area (Å²) in [5.41, 5.74) is 0.158. The highest BCUT2D eigenvalue weighted by Crippen LogP contribution is 2.24. The van der Waals surface area contributed by atoms with Crippen LogP contribution in [0.2, 0.25) is 0 Å². The molecule has 1 heterocycles. The van der Waals surface area contributed by atoms with E-state index in [1.165, 1.54) is 12.1 Å². The van der Waals surface area contributed by atoms with Crippen LogP contribution in [0.1, 0.15) is 6.42 Å². The van der Waals surface area contributed by atoms with E-state index in [-0.39, 0.29) is 18.7 Å². The molecule has 1 aliphatic heterocycles. The van der Waals surface area contributed by atoms with Gasteiger partial charge < -0.3 is 20.5 Å². The zero-order chi connectivity index (χ0) is 17.9. The average molecular weight is 351 g/mol. The summed E-state index contributed by atoms with van der Waals surface area (Å²) in [5, 5.41) is 13.3. The van der Waals surface area contributed by atoms with Gasteiger partial charge in [0, 0.05) is 12.2 Å². The standard InChI is InChI=1S/C13H13F4N3O4/c14-10-9(5-6-20(10)12(22)23)19-11(21)18-7-1-3-8(4-2-7)24-13(15,16)17/h1-4,9-10H,5-6H2,(H,22,23)(H2,18,19,21). The van der Waals surface area contributed by atoms with E-state index in [0.717, 1.165) is 12.1 Å². The summed E-state index contributed by atoms with van der Waals surface area (Å²) in [7, 11) is 0. The Hall–Kier alpha value is -2.72. The lowest BCUT2D eigenvalue weighted by Gasteiger charge is -2.19. The Labute approximate surface area is 133 Å². The van der Waals surface area contributed by atoms with E-state index < -0.39 is 36.6 Å². The van der Waals surface area contributed by atoms with Gasteiger partial charge in [-0.25, -0.2) is 14.0 Å². The van der Waals surface area contributed by atoms with Gasteiger partial charge in [0.1, 0.15) is 5.75 Å². The predicted molar refractivity (Wildman–Crippen MR) is 73.3 cm³/mol. The number of nitrogens with one attached hydrogen (secondary N) is 2. The Balaban J connectivity index is 1.88. The molecule has 3 amide bonds. The molecule has 2 unspecified atom stereocenters. The maximum Gasteiger partial charge on any atom is 0.573 e. The van der Waals surface area contributed by atoms with Crippen molar-refractivity contribution < 1.29 is 37.0 Å². The number of amides is 3. The normalized spacial score (nSPS) is 20.6. The van der Waals surface area contributed by atoms with Crippen molar-refractivity contribution in [2.24, 2.45) is 0 Å². The Morgan fingerprint density at radius 1 is 1.25 bits per heavy atom. The third-order valence-electron chi connectivity index (χ3n) is 3.22. The molecule has 0 bridgehead atoms. The van der Waals surface area contributed by atoms with E-state index in [1.54, 1.807) is 0 Å². The van der Waals surface area contributed by atoms with Crippen LogP contribution in [0, 0.1) is 0 Å². The summed E-state index contributed by atoms with van der Waals surface area (Å²) >= 11 is 0. The molecule has 1 saturated heterocycles. The van der Waals surface area contributed by atoms with Crippen LogP contribution in [-0.4, -0.2) is 47.4 Å². The van der Waals surface area contributed by atoms with Crippen molar-refractivity contribution in [1.82, 2.24) is 10.2 Å². The van der Waals surface area contributed by atoms with E-state index in [1.807, 2.05) is 0 Å². The van der Waals surface area contributed by atoms with E-state index in [4.69, 9.17) is 5.11 Å². The summed E-state index contributed by atoms with van der Waals surface area (Å²) in [6.45, 7) is -0.0507. The largest absolute Gasteiger partial charge is 0.573 e. The molecule has 2 atom stereocenters. The predicted octanol–water partition coefficient (Wildman–Crippen LogP) is 2.75. The summed E-state index contributed by atoms with van der Waals surface area (Å²) in [4.78, 5) is 23.0. The Bertz CT molecular complexity index is 608. The monoisotopic (exact) mass is 351 g/mol. The number of alkyl halides is 4. The molecule has 0 aromatic heterocycles. The van der Waals surface area contributed by atoms with Crippen molar-refractivity contribution in [3.05, 3.63) is 24.3 Å². The summed E-state index contributed by atoms with van der Waals surface area (Å²) in [6, 6.07) is 2.54. The molecule has 2 rings (SSSR count). The molecular weight excluding hydrogens is 338 g/mol. The molecule has 1 aliphatic rings. The first-order valence-corrected chi connectivity index (χ1v) is 6.72. The van der Waals surface area contributed by atoms with Crippen molar-refractivity contribution in [1.29, 1.82) is 0 Å². The number of carbonyl (C=O) groups excluding carboxylic acids is 1. The van der Waals surface area contributed by atoms with Crippen LogP contribution in [0.15, 0.2) is 24.3 Å². The maximum absolute atomic E-state index is 13.8. The third-order valence-corrected chi connectivity index (χ3v) is 3.22. The molecule has 0 aliphatic carbocycles. The number of likely N-dealkylation sites (tertiary alicyclic amines) is 1. The summed E-state index contributed by atoms with van der Waals surface area (Å²) in [5.74, 6) is -0.454. The van der Waals surface area contributed by atoms with Crippen LogP contribution in [0.5, 0.6) is 5.75 Å². The van der Waals surface area contributed by atoms with Gasteiger partial charge in [-0.15, -0.1) is 13.2 Å². The minimum absolute atomic E-state index is 0.0507. The van der Waals surface area contributed by atoms with Gasteiger partial charge in [-0.2, -0.15) is 0 Å². The fourth-order valence-electron chi connectivity index (χ4n) is 2.17. The van der Waals surface area contributed by atoms with Gasteiger partial charge >= 0.3 is 18.5 Å². The molecule has 24 heavy (non-hydrogen) atoms. The fraction of sp³-hybridized carbons (Fsp3) is 0.385. The van der Waals surface area contributed by atoms with Gasteiger partial charge in [-0.05, 0) is 30.7 Å².